The molecule has 0 saturated heterocycles. The maximum Gasteiger partial charge on any atom is 0.137 e. The molecule has 4 nitrogen and oxygen atoms in total. The maximum atomic E-state index is 5.16. The molecule has 4 heteroatoms. The fraction of sp³-hybridized carbons (Fsp3) is 0.333. The second kappa shape index (κ2) is 4.35. The molecule has 2 rings (SSSR count). The fourth-order valence-electron chi connectivity index (χ4n) is 1.55. The van der Waals surface area contributed by atoms with Gasteiger partial charge in [-0.1, -0.05) is 0 Å². The fourth-order valence-corrected chi connectivity index (χ4v) is 1.55. The molecule has 0 saturated carbocycles. The Morgan fingerprint density at radius 3 is 2.75 bits per heavy atom. The average molecular weight is 217 g/mol. The molecule has 1 aromatic heterocycles. The first-order valence-electron chi connectivity index (χ1n) is 5.26. The van der Waals surface area contributed by atoms with Crippen molar-refractivity contribution in [1.29, 1.82) is 0 Å². The second-order valence-electron chi connectivity index (χ2n) is 3.90. The van der Waals surface area contributed by atoms with Gasteiger partial charge >= 0.3 is 0 Å². The Labute approximate surface area is 94.7 Å². The number of fused-ring (bicyclic) bond motifs is 1. The number of nitrogens with one attached hydrogen (secondary N) is 1. The lowest BCUT2D eigenvalue weighted by Gasteiger charge is -2.11. The van der Waals surface area contributed by atoms with Crippen LogP contribution in [0.4, 0.5) is 5.82 Å². The summed E-state index contributed by atoms with van der Waals surface area (Å²) < 4.78 is 5.16. The van der Waals surface area contributed by atoms with Crippen LogP contribution in [0.5, 0.6) is 5.75 Å². The molecule has 16 heavy (non-hydrogen) atoms. The minimum atomic E-state index is 0.347. The largest absolute Gasteiger partial charge is 0.497 e. The van der Waals surface area contributed by atoms with Crippen LogP contribution >= 0.6 is 0 Å². The quantitative estimate of drug-likeness (QED) is 0.857. The molecule has 0 atom stereocenters. The predicted octanol–water partition coefficient (Wildman–Crippen LogP) is 2.46. The topological polar surface area (TPSA) is 47.0 Å². The smallest absolute Gasteiger partial charge is 0.137 e. The van der Waals surface area contributed by atoms with E-state index in [0.29, 0.717) is 6.04 Å². The highest BCUT2D eigenvalue weighted by Gasteiger charge is 2.05. The minimum Gasteiger partial charge on any atom is -0.497 e. The molecule has 0 aliphatic carbocycles. The van der Waals surface area contributed by atoms with Crippen LogP contribution in [0.15, 0.2) is 24.5 Å². The van der Waals surface area contributed by atoms with Gasteiger partial charge in [0.2, 0.25) is 0 Å². The second-order valence-corrected chi connectivity index (χ2v) is 3.90. The van der Waals surface area contributed by atoms with E-state index in [1.54, 1.807) is 13.4 Å². The lowest BCUT2D eigenvalue weighted by atomic mass is 10.2. The van der Waals surface area contributed by atoms with Gasteiger partial charge in [0.05, 0.1) is 12.6 Å². The number of nitrogens with zero attached hydrogens (tertiary/aromatic N) is 2. The number of benzene rings is 1. The molecule has 0 radical (unpaired) electrons. The van der Waals surface area contributed by atoms with Gasteiger partial charge in [0, 0.05) is 17.5 Å². The van der Waals surface area contributed by atoms with Gasteiger partial charge in [-0.3, -0.25) is 0 Å². The molecule has 0 bridgehead atoms. The molecular weight excluding hydrogens is 202 g/mol. The summed E-state index contributed by atoms with van der Waals surface area (Å²) in [6, 6.07) is 6.14. The third-order valence-electron chi connectivity index (χ3n) is 2.27. The van der Waals surface area contributed by atoms with Crippen LogP contribution in [-0.2, 0) is 0 Å². The summed E-state index contributed by atoms with van der Waals surface area (Å²) in [6.07, 6.45) is 1.56. The molecule has 0 aliphatic heterocycles. The number of hydrogen-bond acceptors (Lipinski definition) is 4. The van der Waals surface area contributed by atoms with Crippen LogP contribution in [-0.4, -0.2) is 23.1 Å². The summed E-state index contributed by atoms with van der Waals surface area (Å²) in [5.74, 6) is 1.67. The van der Waals surface area contributed by atoms with Gasteiger partial charge in [-0.05, 0) is 26.0 Å². The zero-order valence-corrected chi connectivity index (χ0v) is 9.69. The van der Waals surface area contributed by atoms with Crippen LogP contribution in [0, 0.1) is 0 Å². The van der Waals surface area contributed by atoms with Crippen molar-refractivity contribution in [3.8, 4) is 5.75 Å². The van der Waals surface area contributed by atoms with Crippen molar-refractivity contribution in [3.05, 3.63) is 24.5 Å². The Hall–Kier alpha value is -1.84. The summed E-state index contributed by atoms with van der Waals surface area (Å²) in [4.78, 5) is 8.47. The van der Waals surface area contributed by atoms with E-state index in [-0.39, 0.29) is 0 Å². The molecule has 0 fully saturated rings. The van der Waals surface area contributed by atoms with Gasteiger partial charge in [-0.15, -0.1) is 0 Å². The highest BCUT2D eigenvalue weighted by molar-refractivity contribution is 5.89. The van der Waals surface area contributed by atoms with E-state index >= 15 is 0 Å². The molecule has 84 valence electrons. The van der Waals surface area contributed by atoms with E-state index in [9.17, 15) is 0 Å². The first kappa shape index (κ1) is 10.7. The minimum absolute atomic E-state index is 0.347. The molecule has 1 heterocycles. The zero-order chi connectivity index (χ0) is 11.5. The van der Waals surface area contributed by atoms with Crippen molar-refractivity contribution < 1.29 is 4.74 Å². The van der Waals surface area contributed by atoms with Crippen molar-refractivity contribution in [2.45, 2.75) is 19.9 Å². The van der Waals surface area contributed by atoms with Crippen LogP contribution in [0.1, 0.15) is 13.8 Å². The summed E-state index contributed by atoms with van der Waals surface area (Å²) in [6.45, 7) is 4.16. The first-order chi connectivity index (χ1) is 7.70. The summed E-state index contributed by atoms with van der Waals surface area (Å²) in [5, 5.41) is 4.30. The van der Waals surface area contributed by atoms with Crippen LogP contribution in [0.2, 0.25) is 0 Å². The zero-order valence-electron chi connectivity index (χ0n) is 9.69. The van der Waals surface area contributed by atoms with E-state index in [1.165, 1.54) is 0 Å². The van der Waals surface area contributed by atoms with Gasteiger partial charge in [0.15, 0.2) is 0 Å². The van der Waals surface area contributed by atoms with Gasteiger partial charge in [0.25, 0.3) is 0 Å². The molecular formula is C12H15N3O. The Bertz CT molecular complexity index is 497. The maximum absolute atomic E-state index is 5.16. The number of ether oxygens (including phenoxy) is 1. The van der Waals surface area contributed by atoms with Gasteiger partial charge in [-0.25, -0.2) is 9.97 Å². The van der Waals surface area contributed by atoms with Crippen LogP contribution < -0.4 is 10.1 Å². The Kier molecular flexibility index (Phi) is 2.90. The van der Waals surface area contributed by atoms with E-state index in [1.807, 2.05) is 18.2 Å². The lowest BCUT2D eigenvalue weighted by molar-refractivity contribution is 0.415. The van der Waals surface area contributed by atoms with Crippen LogP contribution in [0.3, 0.4) is 0 Å². The van der Waals surface area contributed by atoms with Crippen molar-refractivity contribution in [3.63, 3.8) is 0 Å². The standard InChI is InChI=1S/C12H15N3O/c1-8(2)15-12-10-5-4-9(16-3)6-11(10)13-7-14-12/h4-8H,1-3H3,(H,13,14,15). The van der Waals surface area contributed by atoms with Crippen molar-refractivity contribution in [2.75, 3.05) is 12.4 Å². The molecule has 0 spiro atoms. The predicted molar refractivity (Wildman–Crippen MR) is 64.8 cm³/mol. The molecule has 0 unspecified atom stereocenters. The summed E-state index contributed by atoms with van der Waals surface area (Å²) in [5.41, 5.74) is 0.887. The van der Waals surface area contributed by atoms with Gasteiger partial charge in [0.1, 0.15) is 17.9 Å². The van der Waals surface area contributed by atoms with E-state index in [2.05, 4.69) is 29.1 Å². The highest BCUT2D eigenvalue weighted by atomic mass is 16.5. The normalized spacial score (nSPS) is 10.8. The number of rotatable bonds is 3. The number of anilines is 1. The number of methoxy groups -OCH3 is 1. The molecule has 2 aromatic rings. The van der Waals surface area contributed by atoms with E-state index in [4.69, 9.17) is 4.74 Å². The summed E-state index contributed by atoms with van der Waals surface area (Å²) >= 11 is 0. The Morgan fingerprint density at radius 1 is 1.25 bits per heavy atom. The monoisotopic (exact) mass is 217 g/mol. The number of hydrogen-bond donors (Lipinski definition) is 1. The van der Waals surface area contributed by atoms with Crippen molar-refractivity contribution >= 4 is 16.7 Å². The van der Waals surface area contributed by atoms with Crippen molar-refractivity contribution in [2.24, 2.45) is 0 Å². The van der Waals surface area contributed by atoms with Crippen molar-refractivity contribution in [1.82, 2.24) is 9.97 Å². The van der Waals surface area contributed by atoms with Gasteiger partial charge in [-0.2, -0.15) is 0 Å². The first-order valence-corrected chi connectivity index (χ1v) is 5.26. The highest BCUT2D eigenvalue weighted by Crippen LogP contribution is 2.23. The Balaban J connectivity index is 2.51. The van der Waals surface area contributed by atoms with E-state index < -0.39 is 0 Å². The number of aromatic nitrogens is 2. The SMILES string of the molecule is COc1ccc2c(NC(C)C)ncnc2c1. The molecule has 0 amide bonds. The molecule has 0 aliphatic rings. The summed E-state index contributed by atoms with van der Waals surface area (Å²) in [7, 11) is 1.65. The molecule has 1 aromatic carbocycles. The third-order valence-corrected chi connectivity index (χ3v) is 2.27. The van der Waals surface area contributed by atoms with E-state index in [0.717, 1.165) is 22.5 Å². The third kappa shape index (κ3) is 2.05. The average Bonchev–Trinajstić information content (AvgIpc) is 2.28. The van der Waals surface area contributed by atoms with Gasteiger partial charge < -0.3 is 10.1 Å². The Morgan fingerprint density at radius 2 is 2.06 bits per heavy atom. The van der Waals surface area contributed by atoms with Crippen LogP contribution in [0.25, 0.3) is 10.9 Å². The molecule has 1 N–H and O–H groups in total. The lowest BCUT2D eigenvalue weighted by Crippen LogP contribution is -2.11.